The van der Waals surface area contributed by atoms with Crippen molar-refractivity contribution in [3.05, 3.63) is 0 Å². The fraction of sp³-hybridized carbons (Fsp3) is 1.00. The highest BCUT2D eigenvalue weighted by atomic mass is 16.3. The number of hydrogen-bond donors (Lipinski definition) is 4. The van der Waals surface area contributed by atoms with Crippen molar-refractivity contribution in [1.82, 2.24) is 5.32 Å². The smallest absolute Gasteiger partial charge is 0.0693 e. The van der Waals surface area contributed by atoms with Crippen LogP contribution in [0.1, 0.15) is 26.2 Å². The van der Waals surface area contributed by atoms with E-state index in [-0.39, 0.29) is 25.4 Å². The van der Waals surface area contributed by atoms with E-state index in [9.17, 15) is 5.11 Å². The Kier molecular flexibility index (Phi) is 3.67. The molecule has 13 heavy (non-hydrogen) atoms. The van der Waals surface area contributed by atoms with Gasteiger partial charge in [0.2, 0.25) is 0 Å². The number of aliphatic hydroxyl groups excluding tert-OH is 3. The van der Waals surface area contributed by atoms with E-state index < -0.39 is 5.54 Å². The Labute approximate surface area is 78.6 Å². The van der Waals surface area contributed by atoms with Gasteiger partial charge >= 0.3 is 0 Å². The molecule has 1 aliphatic carbocycles. The molecule has 1 saturated carbocycles. The standard InChI is InChI=1S/C9H19NO3/c1-9(5-11,6-12)10-7-3-2-4-8(7)13/h7-8,10-13H,2-6H2,1H3/t7-,8-/m1/s1. The molecular weight excluding hydrogens is 170 g/mol. The Morgan fingerprint density at radius 1 is 1.31 bits per heavy atom. The van der Waals surface area contributed by atoms with Crippen molar-refractivity contribution in [3.63, 3.8) is 0 Å². The summed E-state index contributed by atoms with van der Waals surface area (Å²) in [5.41, 5.74) is -0.671. The van der Waals surface area contributed by atoms with Crippen LogP contribution in [-0.2, 0) is 0 Å². The van der Waals surface area contributed by atoms with E-state index in [4.69, 9.17) is 10.2 Å². The highest BCUT2D eigenvalue weighted by Crippen LogP contribution is 2.21. The SMILES string of the molecule is CC(CO)(CO)N[C@@H]1CCC[C@H]1O. The summed E-state index contributed by atoms with van der Waals surface area (Å²) in [7, 11) is 0. The van der Waals surface area contributed by atoms with Gasteiger partial charge in [-0.25, -0.2) is 0 Å². The first-order chi connectivity index (χ1) is 6.11. The summed E-state index contributed by atoms with van der Waals surface area (Å²) in [5.74, 6) is 0. The van der Waals surface area contributed by atoms with Crippen LogP contribution in [0.4, 0.5) is 0 Å². The van der Waals surface area contributed by atoms with Crippen molar-refractivity contribution >= 4 is 0 Å². The van der Waals surface area contributed by atoms with Gasteiger partial charge in [-0.1, -0.05) is 0 Å². The van der Waals surface area contributed by atoms with Crippen molar-refractivity contribution in [2.75, 3.05) is 13.2 Å². The van der Waals surface area contributed by atoms with Crippen LogP contribution in [0.5, 0.6) is 0 Å². The normalized spacial score (nSPS) is 29.5. The second-order valence-corrected chi connectivity index (χ2v) is 4.13. The molecule has 0 bridgehead atoms. The van der Waals surface area contributed by atoms with E-state index >= 15 is 0 Å². The zero-order valence-electron chi connectivity index (χ0n) is 8.03. The van der Waals surface area contributed by atoms with Gasteiger partial charge in [-0.05, 0) is 26.2 Å². The highest BCUT2D eigenvalue weighted by molar-refractivity contribution is 4.91. The molecule has 0 aromatic carbocycles. The van der Waals surface area contributed by atoms with Crippen LogP contribution in [0.3, 0.4) is 0 Å². The van der Waals surface area contributed by atoms with Gasteiger partial charge in [0.1, 0.15) is 0 Å². The molecule has 0 aromatic rings. The van der Waals surface area contributed by atoms with E-state index in [2.05, 4.69) is 5.32 Å². The van der Waals surface area contributed by atoms with Crippen molar-refractivity contribution in [3.8, 4) is 0 Å². The monoisotopic (exact) mass is 189 g/mol. The van der Waals surface area contributed by atoms with E-state index in [0.29, 0.717) is 0 Å². The van der Waals surface area contributed by atoms with Crippen LogP contribution < -0.4 is 5.32 Å². The second kappa shape index (κ2) is 4.37. The van der Waals surface area contributed by atoms with Crippen LogP contribution >= 0.6 is 0 Å². The van der Waals surface area contributed by atoms with E-state index in [1.807, 2.05) is 0 Å². The van der Waals surface area contributed by atoms with Crippen molar-refractivity contribution in [1.29, 1.82) is 0 Å². The van der Waals surface area contributed by atoms with Crippen LogP contribution in [0.25, 0.3) is 0 Å². The molecule has 0 amide bonds. The molecule has 4 nitrogen and oxygen atoms in total. The van der Waals surface area contributed by atoms with Crippen molar-refractivity contribution in [2.45, 2.75) is 43.9 Å². The lowest BCUT2D eigenvalue weighted by atomic mass is 10.0. The van der Waals surface area contributed by atoms with Crippen LogP contribution in [-0.4, -0.2) is 46.2 Å². The van der Waals surface area contributed by atoms with Gasteiger partial charge in [0, 0.05) is 6.04 Å². The summed E-state index contributed by atoms with van der Waals surface area (Å²) in [5, 5.41) is 30.7. The molecule has 1 aliphatic rings. The maximum absolute atomic E-state index is 9.52. The lowest BCUT2D eigenvalue weighted by molar-refractivity contribution is 0.0671. The summed E-state index contributed by atoms with van der Waals surface area (Å²) in [6, 6.07) is 0.0179. The minimum Gasteiger partial charge on any atom is -0.394 e. The molecule has 4 heteroatoms. The molecule has 1 fully saturated rings. The Morgan fingerprint density at radius 3 is 2.31 bits per heavy atom. The molecular formula is C9H19NO3. The molecule has 2 atom stereocenters. The summed E-state index contributed by atoms with van der Waals surface area (Å²) in [6.45, 7) is 1.51. The van der Waals surface area contributed by atoms with Crippen molar-refractivity contribution < 1.29 is 15.3 Å². The van der Waals surface area contributed by atoms with E-state index in [1.165, 1.54) is 0 Å². The highest BCUT2D eigenvalue weighted by Gasteiger charge is 2.32. The molecule has 0 heterocycles. The second-order valence-electron chi connectivity index (χ2n) is 4.13. The fourth-order valence-corrected chi connectivity index (χ4v) is 1.70. The van der Waals surface area contributed by atoms with Gasteiger partial charge in [-0.2, -0.15) is 0 Å². The molecule has 4 N–H and O–H groups in total. The molecule has 1 rings (SSSR count). The third kappa shape index (κ3) is 2.64. The lowest BCUT2D eigenvalue weighted by Crippen LogP contribution is -2.55. The zero-order chi connectivity index (χ0) is 9.90. The Hall–Kier alpha value is -0.160. The number of rotatable bonds is 4. The summed E-state index contributed by atoms with van der Waals surface area (Å²) in [4.78, 5) is 0. The van der Waals surface area contributed by atoms with Gasteiger partial charge in [0.05, 0.1) is 24.9 Å². The minimum atomic E-state index is -0.671. The largest absolute Gasteiger partial charge is 0.394 e. The molecule has 78 valence electrons. The molecule has 0 aromatic heterocycles. The number of hydrogen-bond acceptors (Lipinski definition) is 4. The quantitative estimate of drug-likeness (QED) is 0.469. The van der Waals surface area contributed by atoms with Gasteiger partial charge < -0.3 is 20.6 Å². The lowest BCUT2D eigenvalue weighted by Gasteiger charge is -2.31. The predicted octanol–water partition coefficient (Wildman–Crippen LogP) is -0.767. The number of nitrogens with one attached hydrogen (secondary N) is 1. The van der Waals surface area contributed by atoms with Gasteiger partial charge in [-0.3, -0.25) is 0 Å². The molecule has 0 saturated heterocycles. The first-order valence-corrected chi connectivity index (χ1v) is 4.79. The topological polar surface area (TPSA) is 72.7 Å². The molecule has 0 aliphatic heterocycles. The number of aliphatic hydroxyl groups is 3. The maximum atomic E-state index is 9.52. The van der Waals surface area contributed by atoms with Gasteiger partial charge in [0.15, 0.2) is 0 Å². The first-order valence-electron chi connectivity index (χ1n) is 4.79. The van der Waals surface area contributed by atoms with Crippen LogP contribution in [0, 0.1) is 0 Å². The predicted molar refractivity (Wildman–Crippen MR) is 49.4 cm³/mol. The Morgan fingerprint density at radius 2 is 1.92 bits per heavy atom. The average molecular weight is 189 g/mol. The minimum absolute atomic E-state index is 0.0179. The van der Waals surface area contributed by atoms with E-state index in [1.54, 1.807) is 6.92 Å². The third-order valence-corrected chi connectivity index (χ3v) is 2.71. The molecule has 0 radical (unpaired) electrons. The molecule has 0 unspecified atom stereocenters. The maximum Gasteiger partial charge on any atom is 0.0693 e. The summed E-state index contributed by atoms with van der Waals surface area (Å²) >= 11 is 0. The average Bonchev–Trinajstić information content (AvgIpc) is 2.52. The zero-order valence-corrected chi connectivity index (χ0v) is 8.03. The fourth-order valence-electron chi connectivity index (χ4n) is 1.70. The molecule has 0 spiro atoms. The summed E-state index contributed by atoms with van der Waals surface area (Å²) < 4.78 is 0. The third-order valence-electron chi connectivity index (χ3n) is 2.71. The first kappa shape index (κ1) is 10.9. The Bertz CT molecular complexity index is 159. The van der Waals surface area contributed by atoms with E-state index in [0.717, 1.165) is 19.3 Å². The van der Waals surface area contributed by atoms with Gasteiger partial charge in [0.25, 0.3) is 0 Å². The van der Waals surface area contributed by atoms with Crippen molar-refractivity contribution in [2.24, 2.45) is 0 Å². The summed E-state index contributed by atoms with van der Waals surface area (Å²) in [6.07, 6.45) is 2.39. The van der Waals surface area contributed by atoms with Crippen LogP contribution in [0.15, 0.2) is 0 Å². The Balaban J connectivity index is 2.45. The van der Waals surface area contributed by atoms with Crippen LogP contribution in [0.2, 0.25) is 0 Å². The van der Waals surface area contributed by atoms with Gasteiger partial charge in [-0.15, -0.1) is 0 Å².